The Morgan fingerprint density at radius 3 is 2.61 bits per heavy atom. The summed E-state index contributed by atoms with van der Waals surface area (Å²) in [5.74, 6) is -1.74. The van der Waals surface area contributed by atoms with Crippen molar-refractivity contribution in [2.24, 2.45) is 5.41 Å². The molecule has 0 bridgehead atoms. The molecule has 1 aromatic carbocycles. The van der Waals surface area contributed by atoms with Crippen molar-refractivity contribution in [1.82, 2.24) is 0 Å². The number of hydrogen-bond donors (Lipinski definition) is 2. The lowest BCUT2D eigenvalue weighted by Gasteiger charge is -2.18. The van der Waals surface area contributed by atoms with Crippen LogP contribution in [-0.2, 0) is 9.53 Å². The summed E-state index contributed by atoms with van der Waals surface area (Å²) in [6.45, 7) is 2.68. The summed E-state index contributed by atoms with van der Waals surface area (Å²) in [7, 11) is 0. The molecule has 1 rings (SSSR count). The van der Waals surface area contributed by atoms with E-state index in [1.54, 1.807) is 6.07 Å². The molecule has 5 nitrogen and oxygen atoms in total. The third-order valence-electron chi connectivity index (χ3n) is 2.38. The van der Waals surface area contributed by atoms with Crippen molar-refractivity contribution in [3.8, 4) is 0 Å². The second-order valence-electron chi connectivity index (χ2n) is 4.50. The summed E-state index contributed by atoms with van der Waals surface area (Å²) in [6.07, 6.45) is 0. The predicted molar refractivity (Wildman–Crippen MR) is 67.6 cm³/mol. The van der Waals surface area contributed by atoms with Gasteiger partial charge in [0.1, 0.15) is 6.61 Å². The van der Waals surface area contributed by atoms with E-state index in [2.05, 4.69) is 0 Å². The van der Waals surface area contributed by atoms with Crippen molar-refractivity contribution in [2.45, 2.75) is 13.8 Å². The Bertz CT molecular complexity index is 485. The maximum absolute atomic E-state index is 11.7. The van der Waals surface area contributed by atoms with Gasteiger partial charge in [0.25, 0.3) is 0 Å². The summed E-state index contributed by atoms with van der Waals surface area (Å²) in [5, 5.41) is 9.24. The zero-order chi connectivity index (χ0) is 13.9. The Labute approximate surface area is 109 Å². The number of hydrogen-bond acceptors (Lipinski definition) is 4. The number of carboxylic acid groups (broad SMARTS) is 1. The lowest BCUT2D eigenvalue weighted by molar-refractivity contribution is -0.149. The van der Waals surface area contributed by atoms with E-state index < -0.39 is 17.4 Å². The number of esters is 1. The molecule has 0 saturated heterocycles. The van der Waals surface area contributed by atoms with Crippen molar-refractivity contribution < 1.29 is 19.4 Å². The number of anilines is 1. The monoisotopic (exact) mass is 271 g/mol. The lowest BCUT2D eigenvalue weighted by atomic mass is 9.95. The molecule has 0 unspecified atom stereocenters. The Hall–Kier alpha value is -1.75. The summed E-state index contributed by atoms with van der Waals surface area (Å²) in [4.78, 5) is 22.6. The molecule has 3 N–H and O–H groups in total. The fraction of sp³-hybridized carbons (Fsp3) is 0.333. The van der Waals surface area contributed by atoms with E-state index in [9.17, 15) is 9.59 Å². The first-order valence-electron chi connectivity index (χ1n) is 5.19. The Balaban J connectivity index is 2.78. The summed E-state index contributed by atoms with van der Waals surface area (Å²) >= 11 is 5.74. The summed E-state index contributed by atoms with van der Waals surface area (Å²) in [6, 6.07) is 4.42. The van der Waals surface area contributed by atoms with Crippen molar-refractivity contribution in [2.75, 3.05) is 12.3 Å². The maximum atomic E-state index is 11.7. The van der Waals surface area contributed by atoms with Gasteiger partial charge in [0.15, 0.2) is 0 Å². The number of carbonyl (C=O) groups excluding carboxylic acids is 1. The van der Waals surface area contributed by atoms with Crippen LogP contribution in [0.1, 0.15) is 24.2 Å². The molecule has 18 heavy (non-hydrogen) atoms. The van der Waals surface area contributed by atoms with E-state index >= 15 is 0 Å². The van der Waals surface area contributed by atoms with Crippen LogP contribution in [0.15, 0.2) is 18.2 Å². The van der Waals surface area contributed by atoms with Crippen LogP contribution in [0.3, 0.4) is 0 Å². The first-order valence-corrected chi connectivity index (χ1v) is 5.57. The average molecular weight is 272 g/mol. The fourth-order valence-corrected chi connectivity index (χ4v) is 1.26. The molecule has 0 radical (unpaired) electrons. The molecule has 98 valence electrons. The van der Waals surface area contributed by atoms with Gasteiger partial charge in [-0.3, -0.25) is 4.79 Å². The molecule has 0 aliphatic heterocycles. The van der Waals surface area contributed by atoms with Crippen LogP contribution in [-0.4, -0.2) is 23.7 Å². The zero-order valence-corrected chi connectivity index (χ0v) is 10.8. The number of halogens is 1. The molecular weight excluding hydrogens is 258 g/mol. The Morgan fingerprint density at radius 2 is 2.06 bits per heavy atom. The summed E-state index contributed by atoms with van der Waals surface area (Å²) in [5.41, 5.74) is 4.83. The molecule has 0 aliphatic carbocycles. The van der Waals surface area contributed by atoms with Gasteiger partial charge in [-0.15, -0.1) is 0 Å². The van der Waals surface area contributed by atoms with Crippen LogP contribution in [0.2, 0.25) is 5.02 Å². The fourth-order valence-electron chi connectivity index (χ4n) is 1.09. The van der Waals surface area contributed by atoms with Gasteiger partial charge in [-0.05, 0) is 32.0 Å². The van der Waals surface area contributed by atoms with Gasteiger partial charge in [0.2, 0.25) is 0 Å². The number of rotatable bonds is 4. The van der Waals surface area contributed by atoms with Gasteiger partial charge in [0.05, 0.1) is 11.0 Å². The first kappa shape index (κ1) is 14.3. The first-order chi connectivity index (χ1) is 8.24. The van der Waals surface area contributed by atoms with Crippen LogP contribution in [0, 0.1) is 5.41 Å². The molecule has 0 heterocycles. The quantitative estimate of drug-likeness (QED) is 0.647. The highest BCUT2D eigenvalue weighted by molar-refractivity contribution is 6.31. The van der Waals surface area contributed by atoms with Gasteiger partial charge < -0.3 is 15.6 Å². The molecule has 0 aliphatic rings. The number of ether oxygens (including phenoxy) is 1. The van der Waals surface area contributed by atoms with E-state index in [4.69, 9.17) is 27.2 Å². The average Bonchev–Trinajstić information content (AvgIpc) is 2.29. The number of benzene rings is 1. The standard InChI is InChI=1S/C12H14ClNO4/c1-12(2,11(16)17)6-18-10(15)8-5-7(13)3-4-9(8)14/h3-5H,6,14H2,1-2H3,(H,16,17). The van der Waals surface area contributed by atoms with Gasteiger partial charge >= 0.3 is 11.9 Å². The minimum Gasteiger partial charge on any atom is -0.481 e. The van der Waals surface area contributed by atoms with Gasteiger partial charge in [-0.2, -0.15) is 0 Å². The number of carboxylic acids is 1. The van der Waals surface area contributed by atoms with E-state index in [0.29, 0.717) is 5.02 Å². The molecule has 0 atom stereocenters. The lowest BCUT2D eigenvalue weighted by Crippen LogP contribution is -2.30. The van der Waals surface area contributed by atoms with Crippen molar-refractivity contribution in [3.05, 3.63) is 28.8 Å². The molecule has 6 heteroatoms. The second kappa shape index (κ2) is 5.27. The van der Waals surface area contributed by atoms with E-state index in [1.165, 1.54) is 26.0 Å². The molecular formula is C12H14ClNO4. The minimum atomic E-state index is -1.15. The molecule has 0 spiro atoms. The van der Waals surface area contributed by atoms with E-state index in [1.807, 2.05) is 0 Å². The zero-order valence-electron chi connectivity index (χ0n) is 10.1. The third kappa shape index (κ3) is 3.37. The van der Waals surface area contributed by atoms with Crippen LogP contribution >= 0.6 is 11.6 Å². The Morgan fingerprint density at radius 1 is 1.44 bits per heavy atom. The predicted octanol–water partition coefficient (Wildman–Crippen LogP) is 2.19. The highest BCUT2D eigenvalue weighted by Gasteiger charge is 2.29. The minimum absolute atomic E-state index is 0.128. The second-order valence-corrected chi connectivity index (χ2v) is 4.93. The van der Waals surface area contributed by atoms with Crippen molar-refractivity contribution in [3.63, 3.8) is 0 Å². The van der Waals surface area contributed by atoms with Gasteiger partial charge in [-0.25, -0.2) is 4.79 Å². The van der Waals surface area contributed by atoms with Crippen LogP contribution in [0.5, 0.6) is 0 Å². The van der Waals surface area contributed by atoms with Gasteiger partial charge in [0, 0.05) is 10.7 Å². The SMILES string of the molecule is CC(C)(COC(=O)c1cc(Cl)ccc1N)C(=O)O. The van der Waals surface area contributed by atoms with Crippen molar-refractivity contribution >= 4 is 29.2 Å². The number of carbonyl (C=O) groups is 2. The number of nitrogens with two attached hydrogens (primary N) is 1. The van der Waals surface area contributed by atoms with Crippen LogP contribution < -0.4 is 5.73 Å². The van der Waals surface area contributed by atoms with E-state index in [-0.39, 0.29) is 17.9 Å². The number of nitrogen functional groups attached to an aromatic ring is 1. The molecule has 0 saturated carbocycles. The Kier molecular flexibility index (Phi) is 4.19. The summed E-state index contributed by atoms with van der Waals surface area (Å²) < 4.78 is 4.93. The highest BCUT2D eigenvalue weighted by atomic mass is 35.5. The van der Waals surface area contributed by atoms with Gasteiger partial charge in [-0.1, -0.05) is 11.6 Å². The largest absolute Gasteiger partial charge is 0.481 e. The van der Waals surface area contributed by atoms with Crippen LogP contribution in [0.4, 0.5) is 5.69 Å². The third-order valence-corrected chi connectivity index (χ3v) is 2.61. The molecule has 0 fully saturated rings. The molecule has 0 amide bonds. The van der Waals surface area contributed by atoms with E-state index in [0.717, 1.165) is 0 Å². The highest BCUT2D eigenvalue weighted by Crippen LogP contribution is 2.21. The van der Waals surface area contributed by atoms with Crippen LogP contribution in [0.25, 0.3) is 0 Å². The normalized spacial score (nSPS) is 11.1. The molecule has 0 aromatic heterocycles. The smallest absolute Gasteiger partial charge is 0.340 e. The number of aliphatic carboxylic acids is 1. The van der Waals surface area contributed by atoms with Crippen molar-refractivity contribution in [1.29, 1.82) is 0 Å². The molecule has 1 aromatic rings. The topological polar surface area (TPSA) is 89.6 Å². The maximum Gasteiger partial charge on any atom is 0.340 e.